The van der Waals surface area contributed by atoms with Crippen LogP contribution in [0.3, 0.4) is 0 Å². The molecular weight excluding hydrogens is 326 g/mol. The van der Waals surface area contributed by atoms with E-state index in [1.54, 1.807) is 7.05 Å². The number of nitrogens with zero attached hydrogens (tertiary/aromatic N) is 1. The van der Waals surface area contributed by atoms with Crippen molar-refractivity contribution in [1.29, 1.82) is 0 Å². The third kappa shape index (κ3) is 4.09. The molecule has 2 aromatic rings. The van der Waals surface area contributed by atoms with E-state index < -0.39 is 0 Å². The number of nitrogens with one attached hydrogen (secondary N) is 2. The molecule has 2 heterocycles. The normalized spacial score (nSPS) is 18.0. The van der Waals surface area contributed by atoms with E-state index in [-0.39, 0.29) is 11.9 Å². The topological polar surface area (TPSA) is 57.5 Å². The van der Waals surface area contributed by atoms with E-state index >= 15 is 0 Å². The quantitative estimate of drug-likeness (QED) is 0.871. The average molecular weight is 350 g/mol. The molecule has 1 saturated heterocycles. The van der Waals surface area contributed by atoms with E-state index in [9.17, 15) is 4.79 Å². The van der Waals surface area contributed by atoms with E-state index in [4.69, 9.17) is 16.0 Å². The van der Waals surface area contributed by atoms with Gasteiger partial charge < -0.3 is 15.1 Å². The summed E-state index contributed by atoms with van der Waals surface area (Å²) in [6, 6.07) is 8.32. The molecule has 0 unspecified atom stereocenters. The van der Waals surface area contributed by atoms with E-state index in [1.165, 1.54) is 0 Å². The number of likely N-dealkylation sites (N-methyl/N-ethyl adjacent to an activating group) is 1. The molecule has 1 aromatic carbocycles. The molecule has 130 valence electrons. The van der Waals surface area contributed by atoms with Crippen LogP contribution in [0.1, 0.15) is 31.6 Å². The van der Waals surface area contributed by atoms with Gasteiger partial charge in [-0.05, 0) is 44.0 Å². The first kappa shape index (κ1) is 17.3. The van der Waals surface area contributed by atoms with Crippen LogP contribution in [0.15, 0.2) is 28.7 Å². The highest BCUT2D eigenvalue weighted by Crippen LogP contribution is 2.27. The minimum absolute atomic E-state index is 0.0794. The lowest BCUT2D eigenvalue weighted by molar-refractivity contribution is -0.122. The number of hydrogen-bond acceptors (Lipinski definition) is 4. The zero-order chi connectivity index (χ0) is 17.1. The minimum atomic E-state index is 0.0794. The Morgan fingerprint density at radius 1 is 1.38 bits per heavy atom. The number of likely N-dealkylation sites (tertiary alicyclic amines) is 1. The summed E-state index contributed by atoms with van der Waals surface area (Å²) in [7, 11) is 1.68. The molecule has 1 fully saturated rings. The fourth-order valence-electron chi connectivity index (χ4n) is 3.22. The Kier molecular flexibility index (Phi) is 5.43. The number of amides is 1. The van der Waals surface area contributed by atoms with Crippen molar-refractivity contribution in [2.45, 2.75) is 31.8 Å². The van der Waals surface area contributed by atoms with E-state index in [0.717, 1.165) is 47.7 Å². The summed E-state index contributed by atoms with van der Waals surface area (Å²) in [6.45, 7) is 4.49. The van der Waals surface area contributed by atoms with Gasteiger partial charge in [0.1, 0.15) is 11.3 Å². The lowest BCUT2D eigenvalue weighted by atomic mass is 10.0. The van der Waals surface area contributed by atoms with E-state index in [2.05, 4.69) is 28.5 Å². The first-order valence-corrected chi connectivity index (χ1v) is 8.81. The van der Waals surface area contributed by atoms with Crippen LogP contribution >= 0.6 is 11.6 Å². The first-order valence-electron chi connectivity index (χ1n) is 8.43. The van der Waals surface area contributed by atoms with Gasteiger partial charge in [0.2, 0.25) is 5.91 Å². The molecule has 0 bridgehead atoms. The third-order valence-corrected chi connectivity index (χ3v) is 4.88. The van der Waals surface area contributed by atoms with Gasteiger partial charge in [-0.3, -0.25) is 9.69 Å². The summed E-state index contributed by atoms with van der Waals surface area (Å²) in [5.41, 5.74) is 0.864. The minimum Gasteiger partial charge on any atom is -0.459 e. The number of benzene rings is 1. The summed E-state index contributed by atoms with van der Waals surface area (Å²) in [5, 5.41) is 8.08. The molecule has 3 rings (SSSR count). The molecule has 0 aliphatic carbocycles. The van der Waals surface area contributed by atoms with Crippen molar-refractivity contribution < 1.29 is 9.21 Å². The van der Waals surface area contributed by atoms with Crippen molar-refractivity contribution in [2.24, 2.45) is 0 Å². The summed E-state index contributed by atoms with van der Waals surface area (Å²) in [6.07, 6.45) is 2.07. The number of carbonyl (C=O) groups is 1. The molecular formula is C18H24ClN3O2. The molecule has 1 aliphatic rings. The van der Waals surface area contributed by atoms with Crippen molar-refractivity contribution in [3.63, 3.8) is 0 Å². The molecule has 5 nitrogen and oxygen atoms in total. The Bertz CT molecular complexity index is 707. The van der Waals surface area contributed by atoms with Gasteiger partial charge in [-0.15, -0.1) is 0 Å². The lowest BCUT2D eigenvalue weighted by Crippen LogP contribution is -2.46. The Morgan fingerprint density at radius 3 is 2.83 bits per heavy atom. The standard InChI is InChI=1S/C18H24ClN3O2/c1-12(17-10-13-9-14(19)3-4-16(13)24-17)21-15-5-7-22(8-6-15)11-18(23)20-2/h3-4,9-10,12,15,21H,5-8,11H2,1-2H3,(H,20,23)/t12-/m0/s1. The largest absolute Gasteiger partial charge is 0.459 e. The maximum absolute atomic E-state index is 11.4. The maximum Gasteiger partial charge on any atom is 0.233 e. The van der Waals surface area contributed by atoms with Crippen molar-refractivity contribution >= 4 is 28.5 Å². The van der Waals surface area contributed by atoms with Crippen LogP contribution in [0.4, 0.5) is 0 Å². The predicted molar refractivity (Wildman–Crippen MR) is 96.3 cm³/mol. The van der Waals surface area contributed by atoms with E-state index in [1.807, 2.05) is 18.2 Å². The van der Waals surface area contributed by atoms with Crippen molar-refractivity contribution in [1.82, 2.24) is 15.5 Å². The van der Waals surface area contributed by atoms with Gasteiger partial charge in [-0.25, -0.2) is 0 Å². The van der Waals surface area contributed by atoms with Crippen LogP contribution in [0.5, 0.6) is 0 Å². The fourth-order valence-corrected chi connectivity index (χ4v) is 3.40. The van der Waals surface area contributed by atoms with Gasteiger partial charge in [0.25, 0.3) is 0 Å². The number of piperidine rings is 1. The number of fused-ring (bicyclic) bond motifs is 1. The Balaban J connectivity index is 1.55. The predicted octanol–water partition coefficient (Wildman–Crippen LogP) is 2.95. The molecule has 1 aliphatic heterocycles. The fraction of sp³-hybridized carbons (Fsp3) is 0.500. The smallest absolute Gasteiger partial charge is 0.233 e. The third-order valence-electron chi connectivity index (χ3n) is 4.64. The molecule has 0 radical (unpaired) electrons. The van der Waals surface area contributed by atoms with Crippen LogP contribution < -0.4 is 10.6 Å². The van der Waals surface area contributed by atoms with Crippen molar-refractivity contribution in [3.05, 3.63) is 35.0 Å². The highest BCUT2D eigenvalue weighted by atomic mass is 35.5. The summed E-state index contributed by atoms with van der Waals surface area (Å²) in [5.74, 6) is 1.01. The van der Waals surface area contributed by atoms with Gasteiger partial charge in [0.15, 0.2) is 0 Å². The Labute approximate surface area is 147 Å². The zero-order valence-electron chi connectivity index (χ0n) is 14.1. The Morgan fingerprint density at radius 2 is 2.12 bits per heavy atom. The number of carbonyl (C=O) groups excluding carboxylic acids is 1. The number of hydrogen-bond donors (Lipinski definition) is 2. The van der Waals surface area contributed by atoms with Crippen LogP contribution in [-0.4, -0.2) is 43.5 Å². The van der Waals surface area contributed by atoms with Crippen LogP contribution in [0, 0.1) is 0 Å². The number of halogens is 1. The monoisotopic (exact) mass is 349 g/mol. The molecule has 6 heteroatoms. The molecule has 0 spiro atoms. The lowest BCUT2D eigenvalue weighted by Gasteiger charge is -2.33. The van der Waals surface area contributed by atoms with Crippen LogP contribution in [0.25, 0.3) is 11.0 Å². The SMILES string of the molecule is CNC(=O)CN1CCC(N[C@@H](C)c2cc3cc(Cl)ccc3o2)CC1. The molecule has 0 saturated carbocycles. The van der Waals surface area contributed by atoms with Crippen molar-refractivity contribution in [2.75, 3.05) is 26.7 Å². The maximum atomic E-state index is 11.4. The zero-order valence-corrected chi connectivity index (χ0v) is 14.9. The summed E-state index contributed by atoms with van der Waals surface area (Å²) < 4.78 is 5.93. The highest BCUT2D eigenvalue weighted by Gasteiger charge is 2.23. The molecule has 1 aromatic heterocycles. The van der Waals surface area contributed by atoms with Gasteiger partial charge in [-0.1, -0.05) is 11.6 Å². The van der Waals surface area contributed by atoms with Gasteiger partial charge in [0, 0.05) is 36.6 Å². The first-order chi connectivity index (χ1) is 11.5. The Hall–Kier alpha value is -1.56. The molecule has 1 amide bonds. The summed E-state index contributed by atoms with van der Waals surface area (Å²) >= 11 is 6.03. The van der Waals surface area contributed by atoms with Crippen LogP contribution in [-0.2, 0) is 4.79 Å². The van der Waals surface area contributed by atoms with Crippen molar-refractivity contribution in [3.8, 4) is 0 Å². The van der Waals surface area contributed by atoms with Crippen LogP contribution in [0.2, 0.25) is 5.02 Å². The molecule has 1 atom stereocenters. The highest BCUT2D eigenvalue weighted by molar-refractivity contribution is 6.31. The second-order valence-corrected chi connectivity index (χ2v) is 6.88. The van der Waals surface area contributed by atoms with Gasteiger partial charge >= 0.3 is 0 Å². The molecule has 2 N–H and O–H groups in total. The number of furan rings is 1. The average Bonchev–Trinajstić information content (AvgIpc) is 2.99. The van der Waals surface area contributed by atoms with E-state index in [0.29, 0.717) is 12.6 Å². The second-order valence-electron chi connectivity index (χ2n) is 6.44. The number of rotatable bonds is 5. The second kappa shape index (κ2) is 7.55. The summed E-state index contributed by atoms with van der Waals surface area (Å²) in [4.78, 5) is 13.6. The van der Waals surface area contributed by atoms with Gasteiger partial charge in [0.05, 0.1) is 12.6 Å². The van der Waals surface area contributed by atoms with Gasteiger partial charge in [-0.2, -0.15) is 0 Å². The molecule has 24 heavy (non-hydrogen) atoms.